The van der Waals surface area contributed by atoms with Gasteiger partial charge in [-0.15, -0.1) is 0 Å². The number of aromatic nitrogens is 2. The zero-order chi connectivity index (χ0) is 14.8. The van der Waals surface area contributed by atoms with Gasteiger partial charge in [-0.25, -0.2) is 4.98 Å². The van der Waals surface area contributed by atoms with Gasteiger partial charge in [0.25, 0.3) is 0 Å². The van der Waals surface area contributed by atoms with E-state index in [4.69, 9.17) is 9.72 Å². The summed E-state index contributed by atoms with van der Waals surface area (Å²) in [5.74, 6) is 2.06. The first kappa shape index (κ1) is 14.1. The standard InChI is InChI=1S/C17H23N3O/c1-4-5-17-19-13-11-18-9-8-14(13)20(17)15-10-12(2)6-7-16(15)21-3/h6-7,10,18H,4-5,8-9,11H2,1-3H3. The molecule has 0 amide bonds. The minimum Gasteiger partial charge on any atom is -0.495 e. The number of nitrogens with one attached hydrogen (secondary N) is 1. The van der Waals surface area contributed by atoms with Crippen molar-refractivity contribution < 1.29 is 4.74 Å². The molecule has 4 heteroatoms. The highest BCUT2D eigenvalue weighted by Gasteiger charge is 2.22. The molecule has 1 N–H and O–H groups in total. The van der Waals surface area contributed by atoms with Crippen LogP contribution in [0.2, 0.25) is 0 Å². The van der Waals surface area contributed by atoms with E-state index in [2.05, 4.69) is 35.9 Å². The number of methoxy groups -OCH3 is 1. The smallest absolute Gasteiger partial charge is 0.142 e. The van der Waals surface area contributed by atoms with Crippen molar-refractivity contribution in [2.75, 3.05) is 13.7 Å². The van der Waals surface area contributed by atoms with Crippen molar-refractivity contribution in [1.82, 2.24) is 14.9 Å². The maximum absolute atomic E-state index is 5.58. The number of imidazole rings is 1. The van der Waals surface area contributed by atoms with Gasteiger partial charge >= 0.3 is 0 Å². The van der Waals surface area contributed by atoms with Crippen LogP contribution in [0, 0.1) is 6.92 Å². The number of hydrogen-bond acceptors (Lipinski definition) is 3. The zero-order valence-corrected chi connectivity index (χ0v) is 13.1. The summed E-state index contributed by atoms with van der Waals surface area (Å²) < 4.78 is 7.91. The Morgan fingerprint density at radius 1 is 1.38 bits per heavy atom. The van der Waals surface area contributed by atoms with Crippen LogP contribution >= 0.6 is 0 Å². The molecule has 0 fully saturated rings. The Morgan fingerprint density at radius 3 is 3.00 bits per heavy atom. The molecule has 0 saturated carbocycles. The second-order valence-corrected chi connectivity index (χ2v) is 5.61. The molecule has 1 aromatic carbocycles. The highest BCUT2D eigenvalue weighted by molar-refractivity contribution is 5.51. The maximum atomic E-state index is 5.58. The molecular weight excluding hydrogens is 262 g/mol. The lowest BCUT2D eigenvalue weighted by Crippen LogP contribution is -2.24. The molecule has 0 atom stereocenters. The average molecular weight is 285 g/mol. The maximum Gasteiger partial charge on any atom is 0.142 e. The molecule has 0 aliphatic carbocycles. The third kappa shape index (κ3) is 2.56. The number of hydrogen-bond donors (Lipinski definition) is 1. The SMILES string of the molecule is CCCc1nc2c(n1-c1cc(C)ccc1OC)CCNC2. The van der Waals surface area contributed by atoms with Crippen molar-refractivity contribution in [3.05, 3.63) is 41.0 Å². The molecular formula is C17H23N3O. The number of rotatable bonds is 4. The molecule has 2 aromatic rings. The molecule has 3 rings (SSSR count). The summed E-state index contributed by atoms with van der Waals surface area (Å²) >= 11 is 0. The van der Waals surface area contributed by atoms with E-state index >= 15 is 0 Å². The topological polar surface area (TPSA) is 39.1 Å². The molecule has 2 heterocycles. The Balaban J connectivity index is 2.20. The average Bonchev–Trinajstić information content (AvgIpc) is 2.85. The number of benzene rings is 1. The molecule has 0 radical (unpaired) electrons. The lowest BCUT2D eigenvalue weighted by atomic mass is 10.1. The van der Waals surface area contributed by atoms with E-state index in [1.165, 1.54) is 17.0 Å². The predicted octanol–water partition coefficient (Wildman–Crippen LogP) is 2.79. The van der Waals surface area contributed by atoms with E-state index in [9.17, 15) is 0 Å². The minimum absolute atomic E-state index is 0.868. The molecule has 0 unspecified atom stereocenters. The quantitative estimate of drug-likeness (QED) is 0.939. The normalized spacial score (nSPS) is 14.0. The van der Waals surface area contributed by atoms with Crippen LogP contribution < -0.4 is 10.1 Å². The summed E-state index contributed by atoms with van der Waals surface area (Å²) in [4.78, 5) is 4.87. The van der Waals surface area contributed by atoms with Gasteiger partial charge in [-0.3, -0.25) is 4.57 Å². The molecule has 21 heavy (non-hydrogen) atoms. The Hall–Kier alpha value is -1.81. The largest absolute Gasteiger partial charge is 0.495 e. The highest BCUT2D eigenvalue weighted by Crippen LogP contribution is 2.29. The lowest BCUT2D eigenvalue weighted by Gasteiger charge is -2.18. The molecule has 1 aromatic heterocycles. The second-order valence-electron chi connectivity index (χ2n) is 5.61. The monoisotopic (exact) mass is 285 g/mol. The van der Waals surface area contributed by atoms with Crippen LogP contribution in [-0.2, 0) is 19.4 Å². The summed E-state index contributed by atoms with van der Waals surface area (Å²) in [6, 6.07) is 6.34. The molecule has 0 bridgehead atoms. The lowest BCUT2D eigenvalue weighted by molar-refractivity contribution is 0.412. The van der Waals surface area contributed by atoms with E-state index in [-0.39, 0.29) is 0 Å². The van der Waals surface area contributed by atoms with Crippen LogP contribution in [0.5, 0.6) is 5.75 Å². The van der Waals surface area contributed by atoms with E-state index in [1.54, 1.807) is 7.11 Å². The molecule has 1 aliphatic heterocycles. The number of aryl methyl sites for hydroxylation is 2. The fourth-order valence-electron chi connectivity index (χ4n) is 3.02. The van der Waals surface area contributed by atoms with E-state index in [1.807, 2.05) is 6.07 Å². The summed E-state index contributed by atoms with van der Waals surface area (Å²) in [6.07, 6.45) is 3.10. The van der Waals surface area contributed by atoms with Crippen molar-refractivity contribution in [3.63, 3.8) is 0 Å². The van der Waals surface area contributed by atoms with Crippen molar-refractivity contribution in [1.29, 1.82) is 0 Å². The fraction of sp³-hybridized carbons (Fsp3) is 0.471. The van der Waals surface area contributed by atoms with Gasteiger partial charge in [-0.1, -0.05) is 13.0 Å². The molecule has 1 aliphatic rings. The molecule has 4 nitrogen and oxygen atoms in total. The van der Waals surface area contributed by atoms with Gasteiger partial charge in [0.1, 0.15) is 11.6 Å². The Labute approximate surface area is 126 Å². The minimum atomic E-state index is 0.868. The third-order valence-corrected chi connectivity index (χ3v) is 4.01. The summed E-state index contributed by atoms with van der Waals surface area (Å²) in [7, 11) is 1.73. The van der Waals surface area contributed by atoms with Gasteiger partial charge in [-0.05, 0) is 31.0 Å². The number of ether oxygens (including phenoxy) is 1. The van der Waals surface area contributed by atoms with Crippen molar-refractivity contribution >= 4 is 0 Å². The molecule has 0 saturated heterocycles. The van der Waals surface area contributed by atoms with Gasteiger partial charge in [0, 0.05) is 31.6 Å². The van der Waals surface area contributed by atoms with Gasteiger partial charge < -0.3 is 10.1 Å². The summed E-state index contributed by atoms with van der Waals surface area (Å²) in [5.41, 5.74) is 4.88. The molecule has 0 spiro atoms. The van der Waals surface area contributed by atoms with Crippen molar-refractivity contribution in [2.45, 2.75) is 39.7 Å². The van der Waals surface area contributed by atoms with Gasteiger partial charge in [-0.2, -0.15) is 0 Å². The van der Waals surface area contributed by atoms with Crippen LogP contribution in [0.15, 0.2) is 18.2 Å². The van der Waals surface area contributed by atoms with Crippen LogP contribution in [0.4, 0.5) is 0 Å². The number of fused-ring (bicyclic) bond motifs is 1. The first-order valence-electron chi connectivity index (χ1n) is 7.69. The van der Waals surface area contributed by atoms with Gasteiger partial charge in [0.15, 0.2) is 0 Å². The second kappa shape index (κ2) is 5.90. The summed E-state index contributed by atoms with van der Waals surface area (Å²) in [6.45, 7) is 6.20. The Kier molecular flexibility index (Phi) is 3.97. The van der Waals surface area contributed by atoms with Crippen molar-refractivity contribution in [3.8, 4) is 11.4 Å². The van der Waals surface area contributed by atoms with Gasteiger partial charge in [0.05, 0.1) is 18.5 Å². The van der Waals surface area contributed by atoms with E-state index in [0.29, 0.717) is 0 Å². The fourth-order valence-corrected chi connectivity index (χ4v) is 3.02. The van der Waals surface area contributed by atoms with Gasteiger partial charge in [0.2, 0.25) is 0 Å². The predicted molar refractivity (Wildman–Crippen MR) is 84.3 cm³/mol. The van der Waals surface area contributed by atoms with E-state index < -0.39 is 0 Å². The first-order valence-corrected chi connectivity index (χ1v) is 7.69. The Morgan fingerprint density at radius 2 is 2.24 bits per heavy atom. The third-order valence-electron chi connectivity index (χ3n) is 4.01. The van der Waals surface area contributed by atoms with Crippen LogP contribution in [-0.4, -0.2) is 23.2 Å². The molecule has 112 valence electrons. The Bertz CT molecular complexity index is 646. The number of nitrogens with zero attached hydrogens (tertiary/aromatic N) is 2. The van der Waals surface area contributed by atoms with Crippen LogP contribution in [0.1, 0.15) is 36.1 Å². The highest BCUT2D eigenvalue weighted by atomic mass is 16.5. The summed E-state index contributed by atoms with van der Waals surface area (Å²) in [5, 5.41) is 3.41. The van der Waals surface area contributed by atoms with Crippen molar-refractivity contribution in [2.24, 2.45) is 0 Å². The van der Waals surface area contributed by atoms with E-state index in [0.717, 1.165) is 49.6 Å². The zero-order valence-electron chi connectivity index (χ0n) is 13.1. The van der Waals surface area contributed by atoms with Crippen LogP contribution in [0.25, 0.3) is 5.69 Å². The first-order chi connectivity index (χ1) is 10.2. The van der Waals surface area contributed by atoms with Crippen LogP contribution in [0.3, 0.4) is 0 Å².